The molecule has 0 N–H and O–H groups in total. The van der Waals surface area contributed by atoms with Gasteiger partial charge in [-0.05, 0) is 42.0 Å². The molecule has 3 amide bonds. The molecule has 0 aromatic heterocycles. The number of hydrogen-bond donors (Lipinski definition) is 0. The van der Waals surface area contributed by atoms with Gasteiger partial charge in [0.15, 0.2) is 0 Å². The van der Waals surface area contributed by atoms with Crippen LogP contribution in [0.4, 0.5) is 17.6 Å². The van der Waals surface area contributed by atoms with Crippen molar-refractivity contribution in [1.82, 2.24) is 14.8 Å². The first-order chi connectivity index (χ1) is 16.6. The van der Waals surface area contributed by atoms with E-state index in [0.717, 1.165) is 24.3 Å². The minimum Gasteiger partial charge on any atom is -0.335 e. The van der Waals surface area contributed by atoms with E-state index in [0.29, 0.717) is 5.56 Å². The molecule has 2 aromatic carbocycles. The van der Waals surface area contributed by atoms with Gasteiger partial charge in [0.2, 0.25) is 5.91 Å². The monoisotopic (exact) mass is 490 g/mol. The van der Waals surface area contributed by atoms with E-state index in [1.54, 1.807) is 17.0 Å². The number of benzene rings is 2. The van der Waals surface area contributed by atoms with Gasteiger partial charge in [-0.2, -0.15) is 18.3 Å². The van der Waals surface area contributed by atoms with E-state index in [4.69, 9.17) is 0 Å². The molecule has 2 aromatic rings. The highest BCUT2D eigenvalue weighted by atomic mass is 19.4. The van der Waals surface area contributed by atoms with E-state index in [1.807, 2.05) is 0 Å². The molecule has 2 aliphatic rings. The van der Waals surface area contributed by atoms with E-state index in [9.17, 15) is 31.9 Å². The van der Waals surface area contributed by atoms with Crippen molar-refractivity contribution >= 4 is 23.4 Å². The summed E-state index contributed by atoms with van der Waals surface area (Å²) in [4.78, 5) is 40.9. The number of rotatable bonds is 4. The minimum atomic E-state index is -4.48. The lowest BCUT2D eigenvalue weighted by Gasteiger charge is -2.35. The average molecular weight is 490 g/mol. The van der Waals surface area contributed by atoms with Gasteiger partial charge >= 0.3 is 6.18 Å². The van der Waals surface area contributed by atoms with Gasteiger partial charge in [-0.3, -0.25) is 14.4 Å². The highest BCUT2D eigenvalue weighted by molar-refractivity contribution is 6.39. The maximum absolute atomic E-state index is 13.1. The third-order valence-electron chi connectivity index (χ3n) is 5.91. The molecule has 0 bridgehead atoms. The number of halogens is 4. The fraction of sp³-hybridized carbons (Fsp3) is 0.333. The topological polar surface area (TPSA) is 73.3 Å². The van der Waals surface area contributed by atoms with Crippen LogP contribution in [0.15, 0.2) is 53.6 Å². The normalized spacial score (nSPS) is 16.9. The van der Waals surface area contributed by atoms with E-state index in [-0.39, 0.29) is 68.7 Å². The second kappa shape index (κ2) is 9.85. The van der Waals surface area contributed by atoms with Gasteiger partial charge in [-0.25, -0.2) is 9.40 Å². The third-order valence-corrected chi connectivity index (χ3v) is 5.91. The molecule has 0 atom stereocenters. The number of hydrazone groups is 1. The lowest BCUT2D eigenvalue weighted by molar-refractivity contribution is -0.137. The van der Waals surface area contributed by atoms with Crippen molar-refractivity contribution in [3.8, 4) is 0 Å². The Morgan fingerprint density at radius 2 is 1.40 bits per heavy atom. The Bertz CT molecular complexity index is 1140. The van der Waals surface area contributed by atoms with Crippen molar-refractivity contribution in [2.24, 2.45) is 5.10 Å². The standard InChI is InChI=1S/C24H22F4N4O3/c25-19-7-1-16(2-8-19)15-32-21(33)10-9-20(29-32)23(35)31-13-11-30(12-14-31)22(34)17-3-5-18(6-4-17)24(26,27)28/h1-8H,9-15H2. The Morgan fingerprint density at radius 1 is 0.829 bits per heavy atom. The first kappa shape index (κ1) is 24.4. The number of carbonyl (C=O) groups excluding carboxylic acids is 3. The predicted octanol–water partition coefficient (Wildman–Crippen LogP) is 3.31. The van der Waals surface area contributed by atoms with Crippen LogP contribution in [0.25, 0.3) is 0 Å². The van der Waals surface area contributed by atoms with E-state index < -0.39 is 23.5 Å². The lowest BCUT2D eigenvalue weighted by Crippen LogP contribution is -2.52. The Balaban J connectivity index is 1.36. The number of nitrogens with zero attached hydrogens (tertiary/aromatic N) is 4. The molecule has 1 saturated heterocycles. The van der Waals surface area contributed by atoms with E-state index >= 15 is 0 Å². The molecular formula is C24H22F4N4O3. The Labute approximate surface area is 198 Å². The smallest absolute Gasteiger partial charge is 0.335 e. The second-order valence-corrected chi connectivity index (χ2v) is 8.28. The number of amides is 3. The van der Waals surface area contributed by atoms with Crippen LogP contribution in [0.1, 0.15) is 34.3 Å². The summed E-state index contributed by atoms with van der Waals surface area (Å²) >= 11 is 0. The molecule has 0 unspecified atom stereocenters. The molecule has 4 rings (SSSR count). The SMILES string of the molecule is O=C(C1=NN(Cc2ccc(F)cc2)C(=O)CC1)N1CCN(C(=O)c2ccc(C(F)(F)F)cc2)CC1. The summed E-state index contributed by atoms with van der Waals surface area (Å²) in [7, 11) is 0. The summed E-state index contributed by atoms with van der Waals surface area (Å²) in [5.74, 6) is -1.37. The Kier molecular flexibility index (Phi) is 6.86. The molecule has 0 saturated carbocycles. The molecule has 184 valence electrons. The van der Waals surface area contributed by atoms with Gasteiger partial charge < -0.3 is 9.80 Å². The molecule has 0 radical (unpaired) electrons. The van der Waals surface area contributed by atoms with Gasteiger partial charge in [0.05, 0.1) is 12.1 Å². The zero-order chi connectivity index (χ0) is 25.2. The molecule has 2 heterocycles. The molecule has 2 aliphatic heterocycles. The summed E-state index contributed by atoms with van der Waals surface area (Å²) in [5, 5.41) is 5.43. The summed E-state index contributed by atoms with van der Waals surface area (Å²) in [6, 6.07) is 9.68. The Hall–Kier alpha value is -3.76. The number of alkyl halides is 3. The van der Waals surface area contributed by atoms with Crippen LogP contribution in [-0.4, -0.2) is 64.4 Å². The zero-order valence-electron chi connectivity index (χ0n) is 18.6. The van der Waals surface area contributed by atoms with Gasteiger partial charge in [0.1, 0.15) is 11.5 Å². The first-order valence-corrected chi connectivity index (χ1v) is 11.0. The molecular weight excluding hydrogens is 468 g/mol. The van der Waals surface area contributed by atoms with Crippen LogP contribution in [0.3, 0.4) is 0 Å². The average Bonchev–Trinajstić information content (AvgIpc) is 2.85. The highest BCUT2D eigenvalue weighted by Crippen LogP contribution is 2.29. The van der Waals surface area contributed by atoms with E-state index in [1.165, 1.54) is 22.0 Å². The molecule has 1 fully saturated rings. The molecule has 11 heteroatoms. The summed E-state index contributed by atoms with van der Waals surface area (Å²) < 4.78 is 51.3. The molecule has 0 aliphatic carbocycles. The van der Waals surface area contributed by atoms with Crippen LogP contribution < -0.4 is 0 Å². The van der Waals surface area contributed by atoms with Gasteiger partial charge in [0, 0.05) is 44.6 Å². The number of carbonyl (C=O) groups is 3. The number of hydrogen-bond acceptors (Lipinski definition) is 4. The summed E-state index contributed by atoms with van der Waals surface area (Å²) in [6.45, 7) is 1.02. The highest BCUT2D eigenvalue weighted by Gasteiger charge is 2.32. The fourth-order valence-corrected chi connectivity index (χ4v) is 3.92. The summed E-state index contributed by atoms with van der Waals surface area (Å²) in [5.41, 5.74) is 0.218. The molecule has 35 heavy (non-hydrogen) atoms. The van der Waals surface area contributed by atoms with Crippen molar-refractivity contribution in [2.45, 2.75) is 25.6 Å². The maximum Gasteiger partial charge on any atom is 0.416 e. The van der Waals surface area contributed by atoms with Crippen molar-refractivity contribution in [3.63, 3.8) is 0 Å². The second-order valence-electron chi connectivity index (χ2n) is 8.28. The lowest BCUT2D eigenvalue weighted by atomic mass is 10.1. The van der Waals surface area contributed by atoms with Crippen molar-refractivity contribution in [3.05, 3.63) is 71.0 Å². The first-order valence-electron chi connectivity index (χ1n) is 11.0. The minimum absolute atomic E-state index is 0.116. The van der Waals surface area contributed by atoms with Crippen LogP contribution in [-0.2, 0) is 22.3 Å². The van der Waals surface area contributed by atoms with Gasteiger partial charge in [-0.15, -0.1) is 0 Å². The molecule has 0 spiro atoms. The maximum atomic E-state index is 13.1. The van der Waals surface area contributed by atoms with Gasteiger partial charge in [0.25, 0.3) is 11.8 Å². The van der Waals surface area contributed by atoms with Crippen LogP contribution in [0.2, 0.25) is 0 Å². The third kappa shape index (κ3) is 5.67. The number of piperazine rings is 1. The quantitative estimate of drug-likeness (QED) is 0.618. The summed E-state index contributed by atoms with van der Waals surface area (Å²) in [6.07, 6.45) is -4.16. The van der Waals surface area contributed by atoms with Crippen LogP contribution in [0, 0.1) is 5.82 Å². The van der Waals surface area contributed by atoms with Gasteiger partial charge in [-0.1, -0.05) is 12.1 Å². The van der Waals surface area contributed by atoms with Crippen molar-refractivity contribution < 1.29 is 31.9 Å². The largest absolute Gasteiger partial charge is 0.416 e. The van der Waals surface area contributed by atoms with Crippen molar-refractivity contribution in [2.75, 3.05) is 26.2 Å². The van der Waals surface area contributed by atoms with Crippen molar-refractivity contribution in [1.29, 1.82) is 0 Å². The van der Waals surface area contributed by atoms with Crippen LogP contribution in [0.5, 0.6) is 0 Å². The van der Waals surface area contributed by atoms with Crippen LogP contribution >= 0.6 is 0 Å². The fourth-order valence-electron chi connectivity index (χ4n) is 3.92. The predicted molar refractivity (Wildman–Crippen MR) is 118 cm³/mol. The molecule has 7 nitrogen and oxygen atoms in total. The Morgan fingerprint density at radius 3 is 1.97 bits per heavy atom. The van der Waals surface area contributed by atoms with E-state index in [2.05, 4.69) is 5.10 Å². The zero-order valence-corrected chi connectivity index (χ0v) is 18.6.